The molecule has 0 spiro atoms. The lowest BCUT2D eigenvalue weighted by molar-refractivity contribution is -0.120. The Labute approximate surface area is 101 Å². The summed E-state index contributed by atoms with van der Waals surface area (Å²) >= 11 is 3.26. The van der Waals surface area contributed by atoms with Crippen LogP contribution in [0, 0.1) is 5.92 Å². The molecule has 0 saturated carbocycles. The van der Waals surface area contributed by atoms with Gasteiger partial charge in [-0.1, -0.05) is 15.9 Å². The summed E-state index contributed by atoms with van der Waals surface area (Å²) in [6.45, 7) is 9.40. The number of halogens is 1. The van der Waals surface area contributed by atoms with Crippen LogP contribution in [0.5, 0.6) is 0 Å². The van der Waals surface area contributed by atoms with Crippen molar-refractivity contribution < 1.29 is 4.79 Å². The second-order valence-electron chi connectivity index (χ2n) is 4.60. The van der Waals surface area contributed by atoms with Crippen molar-refractivity contribution >= 4 is 21.8 Å². The zero-order chi connectivity index (χ0) is 11.4. The predicted molar refractivity (Wildman–Crippen MR) is 66.2 cm³/mol. The first-order valence-corrected chi connectivity index (χ1v) is 6.58. The molecule has 0 bridgehead atoms. The van der Waals surface area contributed by atoms with Crippen molar-refractivity contribution in [3.63, 3.8) is 0 Å². The summed E-state index contributed by atoms with van der Waals surface area (Å²) < 4.78 is 0. The van der Waals surface area contributed by atoms with Crippen molar-refractivity contribution in [2.24, 2.45) is 5.92 Å². The maximum Gasteiger partial charge on any atom is 0.233 e. The van der Waals surface area contributed by atoms with Gasteiger partial charge in [-0.2, -0.15) is 0 Å². The summed E-state index contributed by atoms with van der Waals surface area (Å²) in [5.74, 6) is 0.723. The van der Waals surface area contributed by atoms with Crippen molar-refractivity contribution in [3.05, 3.63) is 0 Å². The van der Waals surface area contributed by atoms with Crippen LogP contribution in [0.1, 0.15) is 27.2 Å². The molecule has 2 atom stereocenters. The Kier molecular flexibility index (Phi) is 5.06. The molecule has 1 fully saturated rings. The number of hydrogen-bond donors (Lipinski definition) is 1. The van der Waals surface area contributed by atoms with E-state index < -0.39 is 0 Å². The fourth-order valence-corrected chi connectivity index (χ4v) is 2.05. The molecular formula is C11H21BrN2O. The molecule has 0 aromatic rings. The Morgan fingerprint density at radius 1 is 1.53 bits per heavy atom. The van der Waals surface area contributed by atoms with Gasteiger partial charge in [0, 0.05) is 19.1 Å². The number of likely N-dealkylation sites (tertiary alicyclic amines) is 1. The van der Waals surface area contributed by atoms with E-state index in [2.05, 4.69) is 40.0 Å². The van der Waals surface area contributed by atoms with Crippen LogP contribution in [0.15, 0.2) is 0 Å². The van der Waals surface area contributed by atoms with Crippen LogP contribution in [0.25, 0.3) is 0 Å². The first-order chi connectivity index (χ1) is 7.00. The van der Waals surface area contributed by atoms with Crippen molar-refractivity contribution in [1.29, 1.82) is 0 Å². The van der Waals surface area contributed by atoms with Gasteiger partial charge in [0.1, 0.15) is 0 Å². The fraction of sp³-hybridized carbons (Fsp3) is 0.909. The number of hydrogen-bond acceptors (Lipinski definition) is 2. The van der Waals surface area contributed by atoms with Crippen LogP contribution in [0.3, 0.4) is 0 Å². The molecule has 3 nitrogen and oxygen atoms in total. The molecule has 1 saturated heterocycles. The van der Waals surface area contributed by atoms with Gasteiger partial charge in [0.2, 0.25) is 5.91 Å². The summed E-state index contributed by atoms with van der Waals surface area (Å²) in [6, 6.07) is 0.626. The lowest BCUT2D eigenvalue weighted by atomic mass is 10.1. The monoisotopic (exact) mass is 276 g/mol. The van der Waals surface area contributed by atoms with E-state index in [4.69, 9.17) is 0 Å². The Bertz CT molecular complexity index is 219. The van der Waals surface area contributed by atoms with E-state index in [9.17, 15) is 4.79 Å². The molecule has 88 valence electrons. The standard InChI is InChI=1S/C11H21BrN2O/c1-8(2)14-5-4-10(7-14)6-13-11(15)9(3)12/h8-10H,4-7H2,1-3H3,(H,13,15). The van der Waals surface area contributed by atoms with Gasteiger partial charge in [-0.15, -0.1) is 0 Å². The summed E-state index contributed by atoms with van der Waals surface area (Å²) in [7, 11) is 0. The topological polar surface area (TPSA) is 32.3 Å². The largest absolute Gasteiger partial charge is 0.355 e. The molecule has 0 aromatic carbocycles. The minimum atomic E-state index is -0.0832. The van der Waals surface area contributed by atoms with Gasteiger partial charge in [-0.25, -0.2) is 0 Å². The zero-order valence-electron chi connectivity index (χ0n) is 9.79. The first kappa shape index (κ1) is 13.0. The molecule has 4 heteroatoms. The highest BCUT2D eigenvalue weighted by atomic mass is 79.9. The van der Waals surface area contributed by atoms with Gasteiger partial charge >= 0.3 is 0 Å². The number of carbonyl (C=O) groups excluding carboxylic acids is 1. The average molecular weight is 277 g/mol. The number of carbonyl (C=O) groups is 1. The van der Waals surface area contributed by atoms with Crippen LogP contribution < -0.4 is 5.32 Å². The van der Waals surface area contributed by atoms with Gasteiger partial charge in [-0.05, 0) is 39.7 Å². The van der Waals surface area contributed by atoms with Gasteiger partial charge in [0.05, 0.1) is 4.83 Å². The number of rotatable bonds is 4. The number of nitrogens with one attached hydrogen (secondary N) is 1. The number of alkyl halides is 1. The molecule has 1 aliphatic heterocycles. The molecule has 1 rings (SSSR count). The lowest BCUT2D eigenvalue weighted by Crippen LogP contribution is -2.35. The molecular weight excluding hydrogens is 256 g/mol. The predicted octanol–water partition coefficient (Wildman–Crippen LogP) is 1.62. The second kappa shape index (κ2) is 5.85. The minimum Gasteiger partial charge on any atom is -0.355 e. The van der Waals surface area contributed by atoms with Crippen LogP contribution in [-0.2, 0) is 4.79 Å². The highest BCUT2D eigenvalue weighted by Gasteiger charge is 2.24. The van der Waals surface area contributed by atoms with E-state index in [1.165, 1.54) is 13.0 Å². The number of nitrogens with zero attached hydrogens (tertiary/aromatic N) is 1. The van der Waals surface area contributed by atoms with E-state index in [0.717, 1.165) is 13.1 Å². The average Bonchev–Trinajstić information content (AvgIpc) is 2.62. The van der Waals surface area contributed by atoms with Crippen LogP contribution in [-0.4, -0.2) is 41.3 Å². The van der Waals surface area contributed by atoms with E-state index in [-0.39, 0.29) is 10.7 Å². The molecule has 15 heavy (non-hydrogen) atoms. The third-order valence-electron chi connectivity index (χ3n) is 2.97. The van der Waals surface area contributed by atoms with Crippen molar-refractivity contribution in [2.45, 2.75) is 38.1 Å². The van der Waals surface area contributed by atoms with Gasteiger partial charge in [0.15, 0.2) is 0 Å². The van der Waals surface area contributed by atoms with Crippen molar-refractivity contribution in [2.75, 3.05) is 19.6 Å². The maximum absolute atomic E-state index is 11.3. The highest BCUT2D eigenvalue weighted by molar-refractivity contribution is 9.10. The highest BCUT2D eigenvalue weighted by Crippen LogP contribution is 2.17. The quantitative estimate of drug-likeness (QED) is 0.792. The third-order valence-corrected chi connectivity index (χ3v) is 3.39. The Hall–Kier alpha value is -0.0900. The SMILES string of the molecule is CC(Br)C(=O)NCC1CCN(C(C)C)C1. The van der Waals surface area contributed by atoms with E-state index in [1.807, 2.05) is 6.92 Å². The normalized spacial score (nSPS) is 24.5. The van der Waals surface area contributed by atoms with E-state index >= 15 is 0 Å². The molecule has 0 aromatic heterocycles. The summed E-state index contributed by atoms with van der Waals surface area (Å²) in [6.07, 6.45) is 1.20. The van der Waals surface area contributed by atoms with Gasteiger partial charge in [-0.3, -0.25) is 4.79 Å². The summed E-state index contributed by atoms with van der Waals surface area (Å²) in [5.41, 5.74) is 0. The van der Waals surface area contributed by atoms with Crippen molar-refractivity contribution in [3.8, 4) is 0 Å². The Morgan fingerprint density at radius 3 is 2.67 bits per heavy atom. The summed E-state index contributed by atoms with van der Waals surface area (Å²) in [4.78, 5) is 13.7. The smallest absolute Gasteiger partial charge is 0.233 e. The van der Waals surface area contributed by atoms with E-state index in [0.29, 0.717) is 12.0 Å². The first-order valence-electron chi connectivity index (χ1n) is 5.66. The van der Waals surface area contributed by atoms with Gasteiger partial charge < -0.3 is 10.2 Å². The van der Waals surface area contributed by atoms with Crippen LogP contribution in [0.2, 0.25) is 0 Å². The maximum atomic E-state index is 11.3. The van der Waals surface area contributed by atoms with Crippen LogP contribution >= 0.6 is 15.9 Å². The molecule has 1 heterocycles. The molecule has 0 aliphatic carbocycles. The lowest BCUT2D eigenvalue weighted by Gasteiger charge is -2.20. The molecule has 1 amide bonds. The molecule has 1 N–H and O–H groups in total. The fourth-order valence-electron chi connectivity index (χ4n) is 1.88. The molecule has 0 radical (unpaired) electrons. The van der Waals surface area contributed by atoms with Crippen molar-refractivity contribution in [1.82, 2.24) is 10.2 Å². The van der Waals surface area contributed by atoms with Crippen LogP contribution in [0.4, 0.5) is 0 Å². The zero-order valence-corrected chi connectivity index (χ0v) is 11.4. The Balaban J connectivity index is 2.22. The molecule has 2 unspecified atom stereocenters. The second-order valence-corrected chi connectivity index (χ2v) is 5.98. The minimum absolute atomic E-state index is 0.0832. The Morgan fingerprint density at radius 2 is 2.20 bits per heavy atom. The third kappa shape index (κ3) is 4.11. The van der Waals surface area contributed by atoms with E-state index in [1.54, 1.807) is 0 Å². The number of amides is 1. The summed E-state index contributed by atoms with van der Waals surface area (Å²) in [5, 5.41) is 2.97. The molecule has 1 aliphatic rings. The van der Waals surface area contributed by atoms with Gasteiger partial charge in [0.25, 0.3) is 0 Å².